The van der Waals surface area contributed by atoms with Crippen LogP contribution >= 0.6 is 0 Å². The standard InChI is InChI=1S/C17H26/c1-6-17(7-2)11-10-16(4,5)15-12-13(3)8-9-14(15)17/h8-9,12H,6-7,10-11H2,1-5H3. The van der Waals surface area contributed by atoms with Gasteiger partial charge < -0.3 is 0 Å². The van der Waals surface area contributed by atoms with E-state index < -0.39 is 0 Å². The predicted octanol–water partition coefficient (Wildman–Crippen LogP) is 5.12. The van der Waals surface area contributed by atoms with E-state index in [1.165, 1.54) is 31.2 Å². The van der Waals surface area contributed by atoms with Gasteiger partial charge in [0.25, 0.3) is 0 Å². The van der Waals surface area contributed by atoms with Gasteiger partial charge in [0.05, 0.1) is 0 Å². The van der Waals surface area contributed by atoms with E-state index in [-0.39, 0.29) is 0 Å². The molecule has 0 atom stereocenters. The summed E-state index contributed by atoms with van der Waals surface area (Å²) in [5.41, 5.74) is 5.44. The quantitative estimate of drug-likeness (QED) is 0.661. The van der Waals surface area contributed by atoms with Crippen LogP contribution in [0.1, 0.15) is 70.1 Å². The van der Waals surface area contributed by atoms with Crippen molar-refractivity contribution in [1.82, 2.24) is 0 Å². The van der Waals surface area contributed by atoms with Gasteiger partial charge in [0.1, 0.15) is 0 Å². The van der Waals surface area contributed by atoms with Crippen LogP contribution in [-0.2, 0) is 10.8 Å². The molecule has 0 amide bonds. The Balaban J connectivity index is 2.63. The molecule has 0 fully saturated rings. The molecule has 0 aromatic heterocycles. The highest BCUT2D eigenvalue weighted by molar-refractivity contribution is 5.44. The summed E-state index contributed by atoms with van der Waals surface area (Å²) in [4.78, 5) is 0. The van der Waals surface area contributed by atoms with E-state index in [4.69, 9.17) is 0 Å². The number of rotatable bonds is 2. The first-order valence-electron chi connectivity index (χ1n) is 7.07. The molecule has 0 radical (unpaired) electrons. The summed E-state index contributed by atoms with van der Waals surface area (Å²) in [5, 5.41) is 0. The molecular weight excluding hydrogens is 204 g/mol. The smallest absolute Gasteiger partial charge is 0.00489 e. The molecule has 0 nitrogen and oxygen atoms in total. The lowest BCUT2D eigenvalue weighted by molar-refractivity contribution is 0.276. The van der Waals surface area contributed by atoms with Crippen molar-refractivity contribution in [1.29, 1.82) is 0 Å². The van der Waals surface area contributed by atoms with Crippen molar-refractivity contribution in [2.24, 2.45) is 0 Å². The topological polar surface area (TPSA) is 0 Å². The molecule has 0 saturated heterocycles. The maximum Gasteiger partial charge on any atom is -0.00489 e. The van der Waals surface area contributed by atoms with Gasteiger partial charge in [-0.3, -0.25) is 0 Å². The van der Waals surface area contributed by atoms with Crippen LogP contribution in [0.3, 0.4) is 0 Å². The van der Waals surface area contributed by atoms with Crippen molar-refractivity contribution in [2.75, 3.05) is 0 Å². The Morgan fingerprint density at radius 2 is 1.65 bits per heavy atom. The highest BCUT2D eigenvalue weighted by atomic mass is 14.4. The van der Waals surface area contributed by atoms with Gasteiger partial charge in [-0.25, -0.2) is 0 Å². The van der Waals surface area contributed by atoms with Crippen LogP contribution in [0, 0.1) is 6.92 Å². The molecule has 1 aliphatic rings. The maximum absolute atomic E-state index is 2.43. The highest BCUT2D eigenvalue weighted by Crippen LogP contribution is 2.49. The molecule has 94 valence electrons. The van der Waals surface area contributed by atoms with E-state index in [1.54, 1.807) is 11.1 Å². The van der Waals surface area contributed by atoms with E-state index in [9.17, 15) is 0 Å². The van der Waals surface area contributed by atoms with Gasteiger partial charge >= 0.3 is 0 Å². The van der Waals surface area contributed by atoms with Gasteiger partial charge in [0, 0.05) is 0 Å². The normalized spacial score (nSPS) is 21.0. The molecular formula is C17H26. The van der Waals surface area contributed by atoms with Gasteiger partial charge in [0.15, 0.2) is 0 Å². The average Bonchev–Trinajstić information content (AvgIpc) is 2.31. The van der Waals surface area contributed by atoms with Crippen LogP contribution in [0.25, 0.3) is 0 Å². The number of hydrogen-bond donors (Lipinski definition) is 0. The summed E-state index contributed by atoms with van der Waals surface area (Å²) in [5.74, 6) is 0. The maximum atomic E-state index is 2.43. The minimum atomic E-state index is 0.356. The third kappa shape index (κ3) is 1.92. The molecule has 0 heterocycles. The van der Waals surface area contributed by atoms with Crippen molar-refractivity contribution in [3.63, 3.8) is 0 Å². The molecule has 0 N–H and O–H groups in total. The van der Waals surface area contributed by atoms with Gasteiger partial charge in [-0.2, -0.15) is 0 Å². The second-order valence-electron chi connectivity index (χ2n) is 6.42. The van der Waals surface area contributed by atoms with Crippen molar-refractivity contribution in [3.05, 3.63) is 34.9 Å². The fourth-order valence-electron chi connectivity index (χ4n) is 3.49. The summed E-state index contributed by atoms with van der Waals surface area (Å²) in [6.07, 6.45) is 5.22. The van der Waals surface area contributed by atoms with E-state index in [2.05, 4.69) is 52.8 Å². The SMILES string of the molecule is CCC1(CC)CCC(C)(C)c2cc(C)ccc21. The summed E-state index contributed by atoms with van der Waals surface area (Å²) in [7, 11) is 0. The van der Waals surface area contributed by atoms with E-state index in [0.29, 0.717) is 10.8 Å². The second kappa shape index (κ2) is 4.15. The third-order valence-corrected chi connectivity index (χ3v) is 5.06. The van der Waals surface area contributed by atoms with Gasteiger partial charge in [-0.1, -0.05) is 51.5 Å². The Kier molecular flexibility index (Phi) is 3.10. The lowest BCUT2D eigenvalue weighted by Crippen LogP contribution is -2.37. The zero-order chi connectivity index (χ0) is 12.7. The number of benzene rings is 1. The van der Waals surface area contributed by atoms with Crippen LogP contribution in [0.4, 0.5) is 0 Å². The summed E-state index contributed by atoms with van der Waals surface area (Å²) in [6.45, 7) is 11.7. The number of hydrogen-bond acceptors (Lipinski definition) is 0. The Morgan fingerprint density at radius 1 is 1.00 bits per heavy atom. The Labute approximate surface area is 106 Å². The average molecular weight is 230 g/mol. The van der Waals surface area contributed by atoms with E-state index in [0.717, 1.165) is 0 Å². The molecule has 0 aliphatic heterocycles. The van der Waals surface area contributed by atoms with Gasteiger partial charge in [-0.15, -0.1) is 0 Å². The van der Waals surface area contributed by atoms with Crippen molar-refractivity contribution >= 4 is 0 Å². The fourth-order valence-corrected chi connectivity index (χ4v) is 3.49. The zero-order valence-electron chi connectivity index (χ0n) is 12.1. The molecule has 0 heteroatoms. The monoisotopic (exact) mass is 230 g/mol. The van der Waals surface area contributed by atoms with Crippen LogP contribution in [0.2, 0.25) is 0 Å². The third-order valence-electron chi connectivity index (χ3n) is 5.06. The van der Waals surface area contributed by atoms with E-state index >= 15 is 0 Å². The van der Waals surface area contributed by atoms with Gasteiger partial charge in [-0.05, 0) is 54.6 Å². The Bertz CT molecular complexity index is 408. The lowest BCUT2D eigenvalue weighted by Gasteiger charge is -2.45. The highest BCUT2D eigenvalue weighted by Gasteiger charge is 2.40. The molecule has 2 rings (SSSR count). The van der Waals surface area contributed by atoms with Crippen LogP contribution in [0.15, 0.2) is 18.2 Å². The predicted molar refractivity (Wildman–Crippen MR) is 75.7 cm³/mol. The first-order chi connectivity index (χ1) is 7.95. The van der Waals surface area contributed by atoms with Gasteiger partial charge in [0.2, 0.25) is 0 Å². The van der Waals surface area contributed by atoms with E-state index in [1.807, 2.05) is 0 Å². The number of fused-ring (bicyclic) bond motifs is 1. The summed E-state index contributed by atoms with van der Waals surface area (Å²) < 4.78 is 0. The molecule has 0 spiro atoms. The zero-order valence-corrected chi connectivity index (χ0v) is 12.1. The molecule has 0 bridgehead atoms. The lowest BCUT2D eigenvalue weighted by atomic mass is 9.59. The Morgan fingerprint density at radius 3 is 2.24 bits per heavy atom. The van der Waals surface area contributed by atoms with Crippen LogP contribution < -0.4 is 0 Å². The fraction of sp³-hybridized carbons (Fsp3) is 0.647. The molecule has 1 aromatic carbocycles. The van der Waals surface area contributed by atoms with Crippen molar-refractivity contribution in [2.45, 2.75) is 71.1 Å². The molecule has 1 aliphatic carbocycles. The summed E-state index contributed by atoms with van der Waals surface area (Å²) >= 11 is 0. The largest absolute Gasteiger partial charge is 0.0645 e. The molecule has 1 aromatic rings. The number of aryl methyl sites for hydroxylation is 1. The minimum Gasteiger partial charge on any atom is -0.0645 e. The molecule has 0 saturated carbocycles. The molecule has 17 heavy (non-hydrogen) atoms. The Hall–Kier alpha value is -0.780. The minimum absolute atomic E-state index is 0.356. The van der Waals surface area contributed by atoms with Crippen LogP contribution in [0.5, 0.6) is 0 Å². The molecule has 0 unspecified atom stereocenters. The summed E-state index contributed by atoms with van der Waals surface area (Å²) in [6, 6.07) is 7.12. The second-order valence-corrected chi connectivity index (χ2v) is 6.42. The van der Waals surface area contributed by atoms with Crippen molar-refractivity contribution in [3.8, 4) is 0 Å². The van der Waals surface area contributed by atoms with Crippen molar-refractivity contribution < 1.29 is 0 Å². The first kappa shape index (κ1) is 12.7. The van der Waals surface area contributed by atoms with Crippen LogP contribution in [-0.4, -0.2) is 0 Å². The first-order valence-corrected chi connectivity index (χ1v) is 7.07.